The van der Waals surface area contributed by atoms with E-state index in [0.717, 1.165) is 49.3 Å². The Morgan fingerprint density at radius 1 is 0.962 bits per heavy atom. The van der Waals surface area contributed by atoms with Gasteiger partial charge in [0.2, 0.25) is 5.95 Å². The highest BCUT2D eigenvalue weighted by molar-refractivity contribution is 5.80. The maximum absolute atomic E-state index is 13.3. The number of aryl methyl sites for hydroxylation is 1. The number of fused-ring (bicyclic) bond motifs is 1. The van der Waals surface area contributed by atoms with Crippen LogP contribution < -0.4 is 5.32 Å². The summed E-state index contributed by atoms with van der Waals surface area (Å²) in [5.74, 6) is 0.444. The number of imidazole rings is 1. The van der Waals surface area contributed by atoms with E-state index in [2.05, 4.69) is 17.2 Å². The van der Waals surface area contributed by atoms with Gasteiger partial charge in [-0.1, -0.05) is 50.5 Å². The third-order valence-electron chi connectivity index (χ3n) is 4.37. The standard InChI is InChI=1S/C20H22F3N3/c1-2-3-4-9-14-26-18-13-8-7-12-17(18)25-19(26)24-16-11-6-5-10-15(16)20(21,22)23/h5-8,10-13H,2-4,9,14H2,1H3,(H,24,25). The number of nitrogens with zero attached hydrogens (tertiary/aromatic N) is 2. The zero-order valence-corrected chi connectivity index (χ0v) is 14.7. The van der Waals surface area contributed by atoms with Gasteiger partial charge in [-0.3, -0.25) is 0 Å². The van der Waals surface area contributed by atoms with Crippen molar-refractivity contribution in [3.63, 3.8) is 0 Å². The molecule has 0 saturated heterocycles. The molecule has 0 bridgehead atoms. The van der Waals surface area contributed by atoms with Crippen LogP contribution in [0, 0.1) is 0 Å². The van der Waals surface area contributed by atoms with Gasteiger partial charge in [0, 0.05) is 6.54 Å². The molecule has 6 heteroatoms. The summed E-state index contributed by atoms with van der Waals surface area (Å²) in [5, 5.41) is 2.91. The summed E-state index contributed by atoms with van der Waals surface area (Å²) in [6.45, 7) is 2.87. The Morgan fingerprint density at radius 3 is 2.46 bits per heavy atom. The van der Waals surface area contributed by atoms with Gasteiger partial charge in [-0.15, -0.1) is 0 Å². The van der Waals surface area contributed by atoms with Crippen LogP contribution in [0.2, 0.25) is 0 Å². The Hall–Kier alpha value is -2.50. The number of hydrogen-bond acceptors (Lipinski definition) is 2. The van der Waals surface area contributed by atoms with Crippen molar-refractivity contribution in [2.24, 2.45) is 0 Å². The fourth-order valence-corrected chi connectivity index (χ4v) is 3.05. The Labute approximate surface area is 150 Å². The predicted octanol–water partition coefficient (Wildman–Crippen LogP) is 6.38. The first kappa shape index (κ1) is 18.3. The van der Waals surface area contributed by atoms with Gasteiger partial charge >= 0.3 is 6.18 Å². The molecule has 0 unspecified atom stereocenters. The van der Waals surface area contributed by atoms with Crippen LogP contribution in [-0.2, 0) is 12.7 Å². The Balaban J connectivity index is 1.95. The topological polar surface area (TPSA) is 29.9 Å². The lowest BCUT2D eigenvalue weighted by Gasteiger charge is -2.15. The summed E-state index contributed by atoms with van der Waals surface area (Å²) in [6, 6.07) is 13.1. The Kier molecular flexibility index (Phi) is 5.49. The maximum Gasteiger partial charge on any atom is 0.418 e. The molecule has 0 aliphatic heterocycles. The molecule has 0 fully saturated rings. The highest BCUT2D eigenvalue weighted by Gasteiger charge is 2.33. The van der Waals surface area contributed by atoms with E-state index >= 15 is 0 Å². The number of rotatable bonds is 7. The molecule has 0 radical (unpaired) electrons. The number of nitrogens with one attached hydrogen (secondary N) is 1. The second-order valence-corrected chi connectivity index (χ2v) is 6.30. The third kappa shape index (κ3) is 4.00. The van der Waals surface area contributed by atoms with Crippen molar-refractivity contribution in [2.45, 2.75) is 45.3 Å². The number of benzene rings is 2. The van der Waals surface area contributed by atoms with Gasteiger partial charge in [0.15, 0.2) is 0 Å². The van der Waals surface area contributed by atoms with E-state index in [0.29, 0.717) is 5.95 Å². The number of hydrogen-bond donors (Lipinski definition) is 1. The number of halogens is 3. The maximum atomic E-state index is 13.3. The summed E-state index contributed by atoms with van der Waals surface area (Å²) < 4.78 is 41.8. The lowest BCUT2D eigenvalue weighted by molar-refractivity contribution is -0.136. The predicted molar refractivity (Wildman–Crippen MR) is 98.6 cm³/mol. The van der Waals surface area contributed by atoms with Gasteiger partial charge in [0.1, 0.15) is 0 Å². The quantitative estimate of drug-likeness (QED) is 0.495. The van der Waals surface area contributed by atoms with Crippen LogP contribution in [0.1, 0.15) is 38.2 Å². The first-order valence-corrected chi connectivity index (χ1v) is 8.89. The Bertz CT molecular complexity index is 868. The van der Waals surface area contributed by atoms with Crippen molar-refractivity contribution in [3.8, 4) is 0 Å². The summed E-state index contributed by atoms with van der Waals surface area (Å²) >= 11 is 0. The molecule has 1 heterocycles. The van der Waals surface area contributed by atoms with E-state index in [1.165, 1.54) is 12.1 Å². The zero-order valence-electron chi connectivity index (χ0n) is 14.7. The molecule has 2 aromatic carbocycles. The smallest absolute Gasteiger partial charge is 0.325 e. The number of anilines is 2. The fraction of sp³-hybridized carbons (Fsp3) is 0.350. The molecule has 0 atom stereocenters. The van der Waals surface area contributed by atoms with Crippen LogP contribution in [0.25, 0.3) is 11.0 Å². The molecular weight excluding hydrogens is 339 g/mol. The minimum Gasteiger partial charge on any atom is -0.325 e. The van der Waals surface area contributed by atoms with Crippen LogP contribution in [0.3, 0.4) is 0 Å². The van der Waals surface area contributed by atoms with E-state index in [9.17, 15) is 13.2 Å². The van der Waals surface area contributed by atoms with Crippen LogP contribution >= 0.6 is 0 Å². The fourth-order valence-electron chi connectivity index (χ4n) is 3.05. The normalized spacial score (nSPS) is 11.8. The van der Waals surface area contributed by atoms with Crippen molar-refractivity contribution in [2.75, 3.05) is 5.32 Å². The van der Waals surface area contributed by atoms with Gasteiger partial charge < -0.3 is 9.88 Å². The van der Waals surface area contributed by atoms with Crippen molar-refractivity contribution in [3.05, 3.63) is 54.1 Å². The van der Waals surface area contributed by atoms with E-state index < -0.39 is 11.7 Å². The summed E-state index contributed by atoms with van der Waals surface area (Å²) in [7, 11) is 0. The van der Waals surface area contributed by atoms with Gasteiger partial charge in [-0.2, -0.15) is 13.2 Å². The molecule has 1 N–H and O–H groups in total. The average molecular weight is 361 g/mol. The molecular formula is C20H22F3N3. The minimum atomic E-state index is -4.42. The van der Waals surface area contributed by atoms with Crippen molar-refractivity contribution in [1.29, 1.82) is 0 Å². The summed E-state index contributed by atoms with van der Waals surface area (Å²) in [6.07, 6.45) is -0.0893. The number of para-hydroxylation sites is 3. The molecule has 0 spiro atoms. The van der Waals surface area contributed by atoms with Gasteiger partial charge in [0.05, 0.1) is 22.3 Å². The molecule has 3 rings (SSSR count). The third-order valence-corrected chi connectivity index (χ3v) is 4.37. The first-order chi connectivity index (χ1) is 12.5. The zero-order chi connectivity index (χ0) is 18.6. The molecule has 26 heavy (non-hydrogen) atoms. The van der Waals surface area contributed by atoms with Crippen LogP contribution in [0.5, 0.6) is 0 Å². The van der Waals surface area contributed by atoms with Crippen molar-refractivity contribution < 1.29 is 13.2 Å². The van der Waals surface area contributed by atoms with E-state index in [4.69, 9.17) is 0 Å². The first-order valence-electron chi connectivity index (χ1n) is 8.89. The van der Waals surface area contributed by atoms with Crippen LogP contribution in [0.15, 0.2) is 48.5 Å². The highest BCUT2D eigenvalue weighted by Crippen LogP contribution is 2.36. The van der Waals surface area contributed by atoms with Crippen molar-refractivity contribution >= 4 is 22.7 Å². The SMILES string of the molecule is CCCCCCn1c(Nc2ccccc2C(F)(F)F)nc2ccccc21. The average Bonchev–Trinajstić information content (AvgIpc) is 2.95. The second-order valence-electron chi connectivity index (χ2n) is 6.30. The molecule has 3 nitrogen and oxygen atoms in total. The molecule has 138 valence electrons. The van der Waals surface area contributed by atoms with Crippen molar-refractivity contribution in [1.82, 2.24) is 9.55 Å². The van der Waals surface area contributed by atoms with Gasteiger partial charge in [-0.25, -0.2) is 4.98 Å². The van der Waals surface area contributed by atoms with E-state index in [1.54, 1.807) is 6.07 Å². The summed E-state index contributed by atoms with van der Waals surface area (Å²) in [5.41, 5.74) is 1.03. The van der Waals surface area contributed by atoms with E-state index in [1.807, 2.05) is 28.8 Å². The lowest BCUT2D eigenvalue weighted by atomic mass is 10.1. The lowest BCUT2D eigenvalue weighted by Crippen LogP contribution is -2.11. The minimum absolute atomic E-state index is 0.0186. The van der Waals surface area contributed by atoms with Gasteiger partial charge in [-0.05, 0) is 30.7 Å². The van der Waals surface area contributed by atoms with E-state index in [-0.39, 0.29) is 5.69 Å². The number of unbranched alkanes of at least 4 members (excludes halogenated alkanes) is 3. The molecule has 0 saturated carbocycles. The molecule has 1 aromatic heterocycles. The molecule has 0 amide bonds. The molecule has 3 aromatic rings. The Morgan fingerprint density at radius 2 is 1.69 bits per heavy atom. The molecule has 0 aliphatic rings. The number of alkyl halides is 3. The largest absolute Gasteiger partial charge is 0.418 e. The highest BCUT2D eigenvalue weighted by atomic mass is 19.4. The molecule has 0 aliphatic carbocycles. The second kappa shape index (κ2) is 7.81. The van der Waals surface area contributed by atoms with Gasteiger partial charge in [0.25, 0.3) is 0 Å². The summed E-state index contributed by atoms with van der Waals surface area (Å²) in [4.78, 5) is 4.51. The van der Waals surface area contributed by atoms with Crippen LogP contribution in [0.4, 0.5) is 24.8 Å². The van der Waals surface area contributed by atoms with Crippen LogP contribution in [-0.4, -0.2) is 9.55 Å². The monoisotopic (exact) mass is 361 g/mol. The number of aromatic nitrogens is 2.